The van der Waals surface area contributed by atoms with Gasteiger partial charge in [-0.3, -0.25) is 4.99 Å². The summed E-state index contributed by atoms with van der Waals surface area (Å²) in [6.07, 6.45) is 10.6. The highest BCUT2D eigenvalue weighted by atomic mass is 32.2. The van der Waals surface area contributed by atoms with Crippen LogP contribution in [0.5, 0.6) is 0 Å². The van der Waals surface area contributed by atoms with E-state index < -0.39 is 0 Å². The van der Waals surface area contributed by atoms with E-state index >= 15 is 0 Å². The third-order valence-corrected chi connectivity index (χ3v) is 6.86. The summed E-state index contributed by atoms with van der Waals surface area (Å²) in [6, 6.07) is 9.96. The molecule has 0 radical (unpaired) electrons. The van der Waals surface area contributed by atoms with Crippen LogP contribution in [0, 0.1) is 5.92 Å². The van der Waals surface area contributed by atoms with Crippen LogP contribution in [0.3, 0.4) is 0 Å². The lowest BCUT2D eigenvalue weighted by Crippen LogP contribution is -2.42. The average Bonchev–Trinajstić information content (AvgIpc) is 3.16. The van der Waals surface area contributed by atoms with Crippen LogP contribution in [0.4, 0.5) is 0 Å². The monoisotopic (exact) mass is 358 g/mol. The van der Waals surface area contributed by atoms with Crippen molar-refractivity contribution in [2.45, 2.75) is 77.3 Å². The molecular formula is C22H34N2S. The van der Waals surface area contributed by atoms with Crippen LogP contribution >= 0.6 is 11.8 Å². The minimum Gasteiger partial charge on any atom is -0.308 e. The van der Waals surface area contributed by atoms with Crippen LogP contribution in [0.15, 0.2) is 29.3 Å². The lowest BCUT2D eigenvalue weighted by Gasteiger charge is -2.31. The number of aliphatic imine (C=N–C) groups is 1. The number of hydrogen-bond acceptors (Lipinski definition) is 3. The van der Waals surface area contributed by atoms with Gasteiger partial charge in [-0.05, 0) is 49.3 Å². The molecule has 2 aliphatic rings. The number of aryl methyl sites for hydroxylation is 1. The Morgan fingerprint density at radius 1 is 1.12 bits per heavy atom. The first kappa shape index (κ1) is 19.0. The van der Waals surface area contributed by atoms with Gasteiger partial charge >= 0.3 is 0 Å². The molecule has 1 aliphatic carbocycles. The Morgan fingerprint density at radius 2 is 1.88 bits per heavy atom. The van der Waals surface area contributed by atoms with Crippen molar-refractivity contribution >= 4 is 16.8 Å². The number of nitrogens with zero attached hydrogens (tertiary/aromatic N) is 1. The van der Waals surface area contributed by atoms with Gasteiger partial charge in [0.05, 0.1) is 17.1 Å². The summed E-state index contributed by atoms with van der Waals surface area (Å²) < 4.78 is 0. The summed E-state index contributed by atoms with van der Waals surface area (Å²) in [7, 11) is 0. The normalized spacial score (nSPS) is 22.8. The van der Waals surface area contributed by atoms with Gasteiger partial charge in [-0.2, -0.15) is 0 Å². The Bertz CT molecular complexity index is 546. The van der Waals surface area contributed by atoms with Crippen LogP contribution in [-0.4, -0.2) is 23.4 Å². The summed E-state index contributed by atoms with van der Waals surface area (Å²) in [5.74, 6) is 1.90. The quantitative estimate of drug-likeness (QED) is 0.596. The summed E-state index contributed by atoms with van der Waals surface area (Å²) in [5, 5.41) is 5.25. The van der Waals surface area contributed by atoms with Crippen LogP contribution in [0.1, 0.15) is 76.0 Å². The molecule has 3 rings (SSSR count). The standard InChI is InChI=1S/C22H34N2S/c1-3-5-15-23-21(19-9-7-6-8-10-19)22-24-20(16-25-22)18-13-11-17(4-2)12-14-18/h11-14,19-21,23H,3-10,15-16H2,1-2H3. The maximum Gasteiger partial charge on any atom is 0.0857 e. The largest absolute Gasteiger partial charge is 0.308 e. The van der Waals surface area contributed by atoms with Crippen molar-refractivity contribution in [1.82, 2.24) is 5.32 Å². The van der Waals surface area contributed by atoms with E-state index in [0.29, 0.717) is 12.1 Å². The molecule has 0 saturated heterocycles. The molecule has 1 saturated carbocycles. The molecule has 0 amide bonds. The van der Waals surface area contributed by atoms with Gasteiger partial charge in [-0.25, -0.2) is 0 Å². The summed E-state index contributed by atoms with van der Waals surface area (Å²) in [5.41, 5.74) is 2.80. The highest BCUT2D eigenvalue weighted by molar-refractivity contribution is 8.14. The van der Waals surface area contributed by atoms with E-state index in [-0.39, 0.29) is 0 Å². The van der Waals surface area contributed by atoms with E-state index in [9.17, 15) is 0 Å². The molecule has 1 aliphatic heterocycles. The van der Waals surface area contributed by atoms with E-state index in [1.165, 1.54) is 61.1 Å². The maximum absolute atomic E-state index is 5.19. The van der Waals surface area contributed by atoms with Crippen molar-refractivity contribution in [3.05, 3.63) is 35.4 Å². The first-order chi connectivity index (χ1) is 12.3. The summed E-state index contributed by atoms with van der Waals surface area (Å²) in [6.45, 7) is 5.62. The second kappa shape index (κ2) is 9.78. The van der Waals surface area contributed by atoms with E-state index in [4.69, 9.17) is 4.99 Å². The number of hydrogen-bond donors (Lipinski definition) is 1. The fourth-order valence-corrected chi connectivity index (χ4v) is 5.32. The van der Waals surface area contributed by atoms with Crippen molar-refractivity contribution < 1.29 is 0 Å². The smallest absolute Gasteiger partial charge is 0.0857 e. The molecule has 1 fully saturated rings. The first-order valence-corrected chi connectivity index (χ1v) is 11.3. The van der Waals surface area contributed by atoms with Gasteiger partial charge in [-0.15, -0.1) is 11.8 Å². The Kier molecular flexibility index (Phi) is 7.42. The van der Waals surface area contributed by atoms with Gasteiger partial charge in [0.1, 0.15) is 0 Å². The molecule has 2 nitrogen and oxygen atoms in total. The first-order valence-electron chi connectivity index (χ1n) is 10.3. The van der Waals surface area contributed by atoms with Crippen molar-refractivity contribution in [1.29, 1.82) is 0 Å². The molecule has 1 aromatic carbocycles. The number of thioether (sulfide) groups is 1. The molecule has 0 spiro atoms. The van der Waals surface area contributed by atoms with Crippen molar-refractivity contribution in [2.24, 2.45) is 10.9 Å². The fraction of sp³-hybridized carbons (Fsp3) is 0.682. The molecule has 2 atom stereocenters. The molecule has 0 aromatic heterocycles. The van der Waals surface area contributed by atoms with Gasteiger partial charge in [0.25, 0.3) is 0 Å². The predicted octanol–water partition coefficient (Wildman–Crippen LogP) is 5.77. The zero-order chi connectivity index (χ0) is 17.5. The zero-order valence-electron chi connectivity index (χ0n) is 16.0. The second-order valence-corrected chi connectivity index (χ2v) is 8.61. The van der Waals surface area contributed by atoms with E-state index in [0.717, 1.165) is 24.6 Å². The van der Waals surface area contributed by atoms with Gasteiger partial charge in [-0.1, -0.05) is 63.8 Å². The van der Waals surface area contributed by atoms with E-state index in [2.05, 4.69) is 43.4 Å². The van der Waals surface area contributed by atoms with Gasteiger partial charge < -0.3 is 5.32 Å². The fourth-order valence-electron chi connectivity index (χ4n) is 4.07. The average molecular weight is 359 g/mol. The molecule has 1 N–H and O–H groups in total. The molecule has 0 bridgehead atoms. The number of unbranched alkanes of at least 4 members (excludes halogenated alkanes) is 1. The number of rotatable bonds is 8. The molecule has 138 valence electrons. The van der Waals surface area contributed by atoms with Gasteiger partial charge in [0, 0.05) is 5.75 Å². The maximum atomic E-state index is 5.19. The van der Waals surface area contributed by atoms with E-state index in [1.807, 2.05) is 11.8 Å². The van der Waals surface area contributed by atoms with Crippen LogP contribution in [0.25, 0.3) is 0 Å². The highest BCUT2D eigenvalue weighted by Gasteiger charge is 2.31. The molecular weight excluding hydrogens is 324 g/mol. The molecule has 1 aromatic rings. The van der Waals surface area contributed by atoms with Crippen LogP contribution in [0.2, 0.25) is 0 Å². The Labute approximate surface area is 158 Å². The minimum atomic E-state index is 0.352. The molecule has 25 heavy (non-hydrogen) atoms. The predicted molar refractivity (Wildman–Crippen MR) is 112 cm³/mol. The lowest BCUT2D eigenvalue weighted by molar-refractivity contribution is 0.313. The van der Waals surface area contributed by atoms with E-state index in [1.54, 1.807) is 0 Å². The summed E-state index contributed by atoms with van der Waals surface area (Å²) in [4.78, 5) is 5.19. The lowest BCUT2D eigenvalue weighted by atomic mass is 9.84. The number of nitrogens with one attached hydrogen (secondary N) is 1. The number of benzene rings is 1. The second-order valence-electron chi connectivity index (χ2n) is 7.57. The highest BCUT2D eigenvalue weighted by Crippen LogP contribution is 2.36. The van der Waals surface area contributed by atoms with Crippen LogP contribution < -0.4 is 5.32 Å². The summed E-state index contributed by atoms with van der Waals surface area (Å²) >= 11 is 2.00. The third kappa shape index (κ3) is 5.10. The SMILES string of the molecule is CCCCNC(C1=NC(c2ccc(CC)cc2)CS1)C1CCCCC1. The minimum absolute atomic E-state index is 0.352. The van der Waals surface area contributed by atoms with Gasteiger partial charge in [0.15, 0.2) is 0 Å². The van der Waals surface area contributed by atoms with Crippen LogP contribution in [-0.2, 0) is 6.42 Å². The topological polar surface area (TPSA) is 24.4 Å². The molecule has 1 heterocycles. The Hall–Kier alpha value is -0.800. The molecule has 2 unspecified atom stereocenters. The van der Waals surface area contributed by atoms with Crippen molar-refractivity contribution in [3.8, 4) is 0 Å². The van der Waals surface area contributed by atoms with Crippen molar-refractivity contribution in [2.75, 3.05) is 12.3 Å². The zero-order valence-corrected chi connectivity index (χ0v) is 16.8. The Balaban J connectivity index is 1.70. The van der Waals surface area contributed by atoms with Gasteiger partial charge in [0.2, 0.25) is 0 Å². The van der Waals surface area contributed by atoms with Crippen molar-refractivity contribution in [3.63, 3.8) is 0 Å². The third-order valence-electron chi connectivity index (χ3n) is 5.73. The molecule has 3 heteroatoms. The Morgan fingerprint density at radius 3 is 2.56 bits per heavy atom.